The molecular formula is C16H22FN3O2. The molecule has 1 aliphatic rings. The number of hydrogen-bond donors (Lipinski definition) is 2. The highest BCUT2D eigenvalue weighted by molar-refractivity contribution is 5.90. The van der Waals surface area contributed by atoms with Gasteiger partial charge in [0.25, 0.3) is 0 Å². The Morgan fingerprint density at radius 2 is 2.14 bits per heavy atom. The van der Waals surface area contributed by atoms with Gasteiger partial charge in [-0.05, 0) is 43.9 Å². The molecule has 0 bridgehead atoms. The number of urea groups is 1. The number of primary amides is 1. The van der Waals surface area contributed by atoms with Crippen molar-refractivity contribution in [3.63, 3.8) is 0 Å². The Morgan fingerprint density at radius 1 is 1.41 bits per heavy atom. The van der Waals surface area contributed by atoms with E-state index in [0.717, 1.165) is 6.42 Å². The normalized spacial score (nSPS) is 21.5. The second-order valence-corrected chi connectivity index (χ2v) is 5.77. The SMILES string of the molecule is CCc1ccc(NC(=O)N2C[C@@H](C(N)=O)CC[C@H]2C)cc1F. The third kappa shape index (κ3) is 3.55. The zero-order valence-electron chi connectivity index (χ0n) is 12.9. The molecule has 120 valence electrons. The maximum atomic E-state index is 13.8. The summed E-state index contributed by atoms with van der Waals surface area (Å²) in [5.41, 5.74) is 6.35. The molecule has 0 spiro atoms. The smallest absolute Gasteiger partial charge is 0.322 e. The number of nitrogens with two attached hydrogens (primary N) is 1. The number of nitrogens with zero attached hydrogens (tertiary/aromatic N) is 1. The Balaban J connectivity index is 2.07. The predicted octanol–water partition coefficient (Wildman–Crippen LogP) is 2.51. The monoisotopic (exact) mass is 307 g/mol. The number of piperidine rings is 1. The fourth-order valence-corrected chi connectivity index (χ4v) is 2.73. The van der Waals surface area contributed by atoms with Gasteiger partial charge in [0.05, 0.1) is 5.92 Å². The Hall–Kier alpha value is -2.11. The van der Waals surface area contributed by atoms with Crippen molar-refractivity contribution in [3.05, 3.63) is 29.6 Å². The third-order valence-corrected chi connectivity index (χ3v) is 4.23. The summed E-state index contributed by atoms with van der Waals surface area (Å²) in [6.45, 7) is 4.10. The molecule has 0 aliphatic carbocycles. The molecule has 1 aliphatic heterocycles. The molecule has 1 saturated heterocycles. The van der Waals surface area contributed by atoms with E-state index in [1.165, 1.54) is 6.07 Å². The Labute approximate surface area is 129 Å². The van der Waals surface area contributed by atoms with Crippen molar-refractivity contribution in [2.75, 3.05) is 11.9 Å². The van der Waals surface area contributed by atoms with Crippen LogP contribution in [0.1, 0.15) is 32.3 Å². The number of aryl methyl sites for hydroxylation is 1. The van der Waals surface area contributed by atoms with Gasteiger partial charge in [-0.3, -0.25) is 4.79 Å². The number of hydrogen-bond acceptors (Lipinski definition) is 2. The van der Waals surface area contributed by atoms with Crippen LogP contribution >= 0.6 is 0 Å². The van der Waals surface area contributed by atoms with Gasteiger partial charge in [0.15, 0.2) is 0 Å². The molecule has 1 aromatic carbocycles. The number of carbonyl (C=O) groups is 2. The average molecular weight is 307 g/mol. The van der Waals surface area contributed by atoms with Crippen LogP contribution in [-0.4, -0.2) is 29.4 Å². The lowest BCUT2D eigenvalue weighted by atomic mass is 9.93. The Morgan fingerprint density at radius 3 is 2.73 bits per heavy atom. The maximum absolute atomic E-state index is 13.8. The number of carbonyl (C=O) groups excluding carboxylic acids is 2. The molecule has 2 atom stereocenters. The van der Waals surface area contributed by atoms with E-state index in [1.807, 2.05) is 13.8 Å². The van der Waals surface area contributed by atoms with E-state index in [4.69, 9.17) is 5.73 Å². The summed E-state index contributed by atoms with van der Waals surface area (Å²) in [6, 6.07) is 4.35. The van der Waals surface area contributed by atoms with Crippen molar-refractivity contribution in [2.45, 2.75) is 39.2 Å². The summed E-state index contributed by atoms with van der Waals surface area (Å²) in [4.78, 5) is 25.3. The van der Waals surface area contributed by atoms with E-state index in [2.05, 4.69) is 5.32 Å². The minimum Gasteiger partial charge on any atom is -0.369 e. The van der Waals surface area contributed by atoms with Crippen LogP contribution in [0, 0.1) is 11.7 Å². The van der Waals surface area contributed by atoms with Gasteiger partial charge in [-0.2, -0.15) is 0 Å². The van der Waals surface area contributed by atoms with Crippen LogP contribution in [0.25, 0.3) is 0 Å². The average Bonchev–Trinajstić information content (AvgIpc) is 2.47. The van der Waals surface area contributed by atoms with Gasteiger partial charge in [-0.25, -0.2) is 9.18 Å². The van der Waals surface area contributed by atoms with Crippen LogP contribution < -0.4 is 11.1 Å². The molecule has 0 saturated carbocycles. The van der Waals surface area contributed by atoms with Gasteiger partial charge in [0, 0.05) is 18.3 Å². The first-order valence-corrected chi connectivity index (χ1v) is 7.57. The highest BCUT2D eigenvalue weighted by Crippen LogP contribution is 2.23. The highest BCUT2D eigenvalue weighted by atomic mass is 19.1. The number of benzene rings is 1. The van der Waals surface area contributed by atoms with Crippen molar-refractivity contribution >= 4 is 17.6 Å². The van der Waals surface area contributed by atoms with E-state index in [9.17, 15) is 14.0 Å². The van der Waals surface area contributed by atoms with Crippen molar-refractivity contribution in [1.82, 2.24) is 4.90 Å². The lowest BCUT2D eigenvalue weighted by Gasteiger charge is -2.36. The number of nitrogens with one attached hydrogen (secondary N) is 1. The van der Waals surface area contributed by atoms with Crippen LogP contribution in [0.2, 0.25) is 0 Å². The number of anilines is 1. The van der Waals surface area contributed by atoms with Gasteiger partial charge in [0.1, 0.15) is 5.82 Å². The Kier molecular flexibility index (Phi) is 5.00. The van der Waals surface area contributed by atoms with E-state index in [0.29, 0.717) is 30.6 Å². The molecule has 0 aromatic heterocycles. The van der Waals surface area contributed by atoms with Gasteiger partial charge >= 0.3 is 6.03 Å². The molecule has 3 amide bonds. The van der Waals surface area contributed by atoms with Crippen LogP contribution in [-0.2, 0) is 11.2 Å². The molecule has 1 heterocycles. The van der Waals surface area contributed by atoms with Crippen molar-refractivity contribution in [1.29, 1.82) is 0 Å². The quantitative estimate of drug-likeness (QED) is 0.900. The number of rotatable bonds is 3. The number of likely N-dealkylation sites (tertiary alicyclic amines) is 1. The highest BCUT2D eigenvalue weighted by Gasteiger charge is 2.31. The van der Waals surface area contributed by atoms with E-state index in [1.54, 1.807) is 17.0 Å². The molecule has 0 unspecified atom stereocenters. The zero-order valence-corrected chi connectivity index (χ0v) is 12.9. The van der Waals surface area contributed by atoms with Crippen LogP contribution in [0.4, 0.5) is 14.9 Å². The molecular weight excluding hydrogens is 285 g/mol. The molecule has 0 radical (unpaired) electrons. The predicted molar refractivity (Wildman–Crippen MR) is 82.9 cm³/mol. The first-order valence-electron chi connectivity index (χ1n) is 7.57. The topological polar surface area (TPSA) is 75.4 Å². The van der Waals surface area contributed by atoms with Crippen LogP contribution in [0.15, 0.2) is 18.2 Å². The van der Waals surface area contributed by atoms with E-state index >= 15 is 0 Å². The number of halogens is 1. The van der Waals surface area contributed by atoms with Gasteiger partial charge in [-0.15, -0.1) is 0 Å². The second kappa shape index (κ2) is 6.77. The first-order chi connectivity index (χ1) is 10.4. The molecule has 1 aromatic rings. The van der Waals surface area contributed by atoms with Gasteiger partial charge in [-0.1, -0.05) is 13.0 Å². The van der Waals surface area contributed by atoms with Crippen LogP contribution in [0.3, 0.4) is 0 Å². The van der Waals surface area contributed by atoms with Gasteiger partial charge in [0.2, 0.25) is 5.91 Å². The fraction of sp³-hybridized carbons (Fsp3) is 0.500. The molecule has 5 nitrogen and oxygen atoms in total. The summed E-state index contributed by atoms with van der Waals surface area (Å²) in [5, 5.41) is 2.69. The largest absolute Gasteiger partial charge is 0.369 e. The van der Waals surface area contributed by atoms with Gasteiger partial charge < -0.3 is 16.0 Å². The molecule has 22 heavy (non-hydrogen) atoms. The number of amides is 3. The summed E-state index contributed by atoms with van der Waals surface area (Å²) in [6.07, 6.45) is 2.02. The zero-order chi connectivity index (χ0) is 16.3. The second-order valence-electron chi connectivity index (χ2n) is 5.77. The van der Waals surface area contributed by atoms with Crippen LogP contribution in [0.5, 0.6) is 0 Å². The fourth-order valence-electron chi connectivity index (χ4n) is 2.73. The summed E-state index contributed by atoms with van der Waals surface area (Å²) >= 11 is 0. The standard InChI is InChI=1S/C16H22FN3O2/c1-3-11-6-7-13(8-14(11)17)19-16(22)20-9-12(15(18)21)5-4-10(20)2/h6-8,10,12H,3-5,9H2,1-2H3,(H2,18,21)(H,19,22)/t10-,12+/m1/s1. The van der Waals surface area contributed by atoms with E-state index < -0.39 is 0 Å². The third-order valence-electron chi connectivity index (χ3n) is 4.23. The molecule has 1 fully saturated rings. The van der Waals surface area contributed by atoms with Crippen molar-refractivity contribution in [2.24, 2.45) is 11.7 Å². The van der Waals surface area contributed by atoms with Crippen molar-refractivity contribution in [3.8, 4) is 0 Å². The first kappa shape index (κ1) is 16.3. The minimum absolute atomic E-state index is 0.0235. The summed E-state index contributed by atoms with van der Waals surface area (Å²) in [7, 11) is 0. The lowest BCUT2D eigenvalue weighted by Crippen LogP contribution is -2.50. The van der Waals surface area contributed by atoms with Crippen molar-refractivity contribution < 1.29 is 14.0 Å². The minimum atomic E-state index is -0.386. The maximum Gasteiger partial charge on any atom is 0.322 e. The summed E-state index contributed by atoms with van der Waals surface area (Å²) in [5.74, 6) is -1.04. The Bertz CT molecular complexity index is 577. The lowest BCUT2D eigenvalue weighted by molar-refractivity contribution is -0.123. The molecule has 3 N–H and O–H groups in total. The molecule has 6 heteroatoms. The summed E-state index contributed by atoms with van der Waals surface area (Å²) < 4.78 is 13.8. The molecule has 2 rings (SSSR count). The van der Waals surface area contributed by atoms with E-state index in [-0.39, 0.29) is 29.7 Å².